The van der Waals surface area contributed by atoms with Crippen LogP contribution in [0.25, 0.3) is 0 Å². The molecule has 1 heterocycles. The molecule has 1 saturated carbocycles. The number of nitrogens with two attached hydrogens (primary N) is 1. The maximum absolute atomic E-state index is 11.9. The van der Waals surface area contributed by atoms with Gasteiger partial charge < -0.3 is 5.73 Å². The summed E-state index contributed by atoms with van der Waals surface area (Å²) in [6.45, 7) is 0.518. The van der Waals surface area contributed by atoms with Crippen molar-refractivity contribution in [1.29, 1.82) is 0 Å². The lowest BCUT2D eigenvalue weighted by molar-refractivity contribution is 0.519. The molecule has 1 fully saturated rings. The van der Waals surface area contributed by atoms with Crippen LogP contribution in [0.2, 0.25) is 0 Å². The van der Waals surface area contributed by atoms with Crippen LogP contribution in [0.4, 0.5) is 5.82 Å². The van der Waals surface area contributed by atoms with Crippen molar-refractivity contribution < 1.29 is 8.42 Å². The van der Waals surface area contributed by atoms with E-state index in [-0.39, 0.29) is 10.7 Å². The molecule has 0 aromatic carbocycles. The highest BCUT2D eigenvalue weighted by Gasteiger charge is 2.19. The average Bonchev–Trinajstić information content (AvgIpc) is 2.79. The van der Waals surface area contributed by atoms with Gasteiger partial charge in [0.25, 0.3) is 0 Å². The normalized spacial score (nSPS) is 17.4. The molecule has 6 heteroatoms. The third kappa shape index (κ3) is 3.17. The predicted octanol–water partition coefficient (Wildman–Crippen LogP) is 1.13. The molecule has 94 valence electrons. The molecule has 1 aliphatic carbocycles. The van der Waals surface area contributed by atoms with E-state index >= 15 is 0 Å². The molecule has 0 amide bonds. The topological polar surface area (TPSA) is 85.1 Å². The van der Waals surface area contributed by atoms with E-state index in [0.717, 1.165) is 12.8 Å². The van der Waals surface area contributed by atoms with Crippen LogP contribution in [0.1, 0.15) is 25.7 Å². The predicted molar refractivity (Wildman–Crippen MR) is 65.8 cm³/mol. The second-order valence-corrected chi connectivity index (χ2v) is 6.19. The smallest absolute Gasteiger partial charge is 0.240 e. The van der Waals surface area contributed by atoms with Crippen molar-refractivity contribution in [2.45, 2.75) is 30.6 Å². The first-order chi connectivity index (χ1) is 8.08. The number of nitrogens with zero attached hydrogens (tertiary/aromatic N) is 1. The molecule has 1 aromatic heterocycles. The van der Waals surface area contributed by atoms with E-state index in [1.54, 1.807) is 0 Å². The lowest BCUT2D eigenvalue weighted by Gasteiger charge is -2.11. The number of hydrogen-bond donors (Lipinski definition) is 2. The van der Waals surface area contributed by atoms with Crippen molar-refractivity contribution in [2.75, 3.05) is 12.3 Å². The molecular weight excluding hydrogens is 238 g/mol. The molecule has 0 spiro atoms. The number of anilines is 1. The minimum atomic E-state index is -3.44. The summed E-state index contributed by atoms with van der Waals surface area (Å²) < 4.78 is 26.5. The van der Waals surface area contributed by atoms with E-state index in [1.165, 1.54) is 31.2 Å². The zero-order valence-electron chi connectivity index (χ0n) is 9.59. The lowest BCUT2D eigenvalue weighted by Crippen LogP contribution is -2.28. The summed E-state index contributed by atoms with van der Waals surface area (Å²) in [6.07, 6.45) is 6.03. The molecule has 0 radical (unpaired) electrons. The van der Waals surface area contributed by atoms with Crippen LogP contribution in [-0.2, 0) is 10.0 Å². The Balaban J connectivity index is 2.03. The Morgan fingerprint density at radius 3 is 2.76 bits per heavy atom. The number of nitrogens with one attached hydrogen (secondary N) is 1. The van der Waals surface area contributed by atoms with E-state index in [1.807, 2.05) is 0 Å². The highest BCUT2D eigenvalue weighted by atomic mass is 32.2. The third-order valence-corrected chi connectivity index (χ3v) is 4.52. The number of hydrogen-bond acceptors (Lipinski definition) is 4. The zero-order valence-corrected chi connectivity index (χ0v) is 10.4. The van der Waals surface area contributed by atoms with Gasteiger partial charge in [0.05, 0.1) is 4.90 Å². The Morgan fingerprint density at radius 1 is 1.41 bits per heavy atom. The number of aromatic nitrogens is 1. The second-order valence-electron chi connectivity index (χ2n) is 4.42. The van der Waals surface area contributed by atoms with Gasteiger partial charge in [0.2, 0.25) is 10.0 Å². The molecule has 0 bridgehead atoms. The standard InChI is InChI=1S/C11H17N3O2S/c12-11-7-10(5-6-13-11)17(15,16)14-8-9-3-1-2-4-9/h5-7,9,14H,1-4,8H2,(H2,12,13). The summed E-state index contributed by atoms with van der Waals surface area (Å²) in [5, 5.41) is 0. The molecule has 0 atom stereocenters. The van der Waals surface area contributed by atoms with Crippen LogP contribution < -0.4 is 10.5 Å². The summed E-state index contributed by atoms with van der Waals surface area (Å²) in [4.78, 5) is 3.96. The van der Waals surface area contributed by atoms with Crippen LogP contribution in [-0.4, -0.2) is 19.9 Å². The van der Waals surface area contributed by atoms with Gasteiger partial charge >= 0.3 is 0 Å². The van der Waals surface area contributed by atoms with Crippen LogP contribution in [0, 0.1) is 5.92 Å². The highest BCUT2D eigenvalue weighted by molar-refractivity contribution is 7.89. The molecule has 1 aromatic rings. The number of sulfonamides is 1. The van der Waals surface area contributed by atoms with E-state index in [9.17, 15) is 8.42 Å². The summed E-state index contributed by atoms with van der Waals surface area (Å²) in [7, 11) is -3.44. The maximum Gasteiger partial charge on any atom is 0.240 e. The zero-order chi connectivity index (χ0) is 12.3. The van der Waals surface area contributed by atoms with Crippen LogP contribution in [0.3, 0.4) is 0 Å². The molecule has 1 aliphatic rings. The fourth-order valence-corrected chi connectivity index (χ4v) is 3.26. The summed E-state index contributed by atoms with van der Waals surface area (Å²) >= 11 is 0. The SMILES string of the molecule is Nc1cc(S(=O)(=O)NCC2CCCC2)ccn1. The molecule has 0 unspecified atom stereocenters. The van der Waals surface area contributed by atoms with Gasteiger partial charge in [-0.05, 0) is 24.8 Å². The fourth-order valence-electron chi connectivity index (χ4n) is 2.12. The molecular formula is C11H17N3O2S. The number of rotatable bonds is 4. The first-order valence-electron chi connectivity index (χ1n) is 5.79. The minimum Gasteiger partial charge on any atom is -0.384 e. The first-order valence-corrected chi connectivity index (χ1v) is 7.27. The molecule has 5 nitrogen and oxygen atoms in total. The largest absolute Gasteiger partial charge is 0.384 e. The lowest BCUT2D eigenvalue weighted by atomic mass is 10.1. The fraction of sp³-hybridized carbons (Fsp3) is 0.545. The monoisotopic (exact) mass is 255 g/mol. The van der Waals surface area contributed by atoms with Gasteiger partial charge in [-0.1, -0.05) is 12.8 Å². The molecule has 17 heavy (non-hydrogen) atoms. The van der Waals surface area contributed by atoms with Crippen molar-refractivity contribution in [2.24, 2.45) is 5.92 Å². The van der Waals surface area contributed by atoms with Crippen LogP contribution in [0.5, 0.6) is 0 Å². The van der Waals surface area contributed by atoms with E-state index in [2.05, 4.69) is 9.71 Å². The Kier molecular flexibility index (Phi) is 3.63. The Hall–Kier alpha value is -1.14. The summed E-state index contributed by atoms with van der Waals surface area (Å²) in [6, 6.07) is 2.82. The maximum atomic E-state index is 11.9. The van der Waals surface area contributed by atoms with Crippen molar-refractivity contribution in [3.8, 4) is 0 Å². The molecule has 0 saturated heterocycles. The summed E-state index contributed by atoms with van der Waals surface area (Å²) in [5.41, 5.74) is 5.47. The third-order valence-electron chi connectivity index (χ3n) is 3.10. The average molecular weight is 255 g/mol. The van der Waals surface area contributed by atoms with Gasteiger partial charge in [0.1, 0.15) is 5.82 Å². The van der Waals surface area contributed by atoms with Crippen LogP contribution >= 0.6 is 0 Å². The van der Waals surface area contributed by atoms with Gasteiger partial charge in [-0.25, -0.2) is 18.1 Å². The van der Waals surface area contributed by atoms with Gasteiger partial charge in [0, 0.05) is 18.8 Å². The number of nitrogen functional groups attached to an aromatic ring is 1. The van der Waals surface area contributed by atoms with E-state index < -0.39 is 10.0 Å². The second kappa shape index (κ2) is 5.01. The van der Waals surface area contributed by atoms with E-state index in [4.69, 9.17) is 5.73 Å². The van der Waals surface area contributed by atoms with Crippen molar-refractivity contribution in [3.05, 3.63) is 18.3 Å². The Morgan fingerprint density at radius 2 is 2.12 bits per heavy atom. The highest BCUT2D eigenvalue weighted by Crippen LogP contribution is 2.24. The quantitative estimate of drug-likeness (QED) is 0.844. The van der Waals surface area contributed by atoms with Gasteiger partial charge in [0.15, 0.2) is 0 Å². The Labute approximate surface area is 101 Å². The van der Waals surface area contributed by atoms with Crippen molar-refractivity contribution in [1.82, 2.24) is 9.71 Å². The Bertz CT molecular complexity index is 481. The number of pyridine rings is 1. The van der Waals surface area contributed by atoms with Gasteiger partial charge in [-0.15, -0.1) is 0 Å². The molecule has 0 aliphatic heterocycles. The van der Waals surface area contributed by atoms with Crippen LogP contribution in [0.15, 0.2) is 23.2 Å². The molecule has 2 rings (SSSR count). The van der Waals surface area contributed by atoms with Crippen molar-refractivity contribution >= 4 is 15.8 Å². The minimum absolute atomic E-state index is 0.183. The van der Waals surface area contributed by atoms with Gasteiger partial charge in [-0.2, -0.15) is 0 Å². The van der Waals surface area contributed by atoms with Gasteiger partial charge in [-0.3, -0.25) is 0 Å². The summed E-state index contributed by atoms with van der Waals surface area (Å²) in [5.74, 6) is 0.692. The van der Waals surface area contributed by atoms with Crippen molar-refractivity contribution in [3.63, 3.8) is 0 Å². The van der Waals surface area contributed by atoms with E-state index in [0.29, 0.717) is 12.5 Å². The first kappa shape index (κ1) is 12.3. The molecule has 3 N–H and O–H groups in total.